The molecule has 5 nitrogen and oxygen atoms in total. The smallest absolute Gasteiger partial charge is 0.337 e. The molecule has 0 unspecified atom stereocenters. The number of halogens is 1. The van der Waals surface area contributed by atoms with Crippen molar-refractivity contribution in [1.82, 2.24) is 4.90 Å². The maximum absolute atomic E-state index is 13.0. The van der Waals surface area contributed by atoms with Gasteiger partial charge in [-0.15, -0.1) is 0 Å². The van der Waals surface area contributed by atoms with E-state index in [0.717, 1.165) is 18.6 Å². The lowest BCUT2D eigenvalue weighted by atomic mass is 10.1. The Morgan fingerprint density at radius 2 is 2.05 bits per heavy atom. The summed E-state index contributed by atoms with van der Waals surface area (Å²) in [6.45, 7) is 4.86. The third-order valence-corrected chi connectivity index (χ3v) is 2.62. The maximum atomic E-state index is 13.0. The van der Waals surface area contributed by atoms with Gasteiger partial charge in [-0.1, -0.05) is 6.92 Å². The van der Waals surface area contributed by atoms with E-state index in [1.54, 1.807) is 4.90 Å². The average molecular weight is 268 g/mol. The molecule has 1 rings (SSSR count). The van der Waals surface area contributed by atoms with Crippen molar-refractivity contribution in [3.05, 3.63) is 29.6 Å². The van der Waals surface area contributed by atoms with Crippen LogP contribution in [0.15, 0.2) is 18.2 Å². The van der Waals surface area contributed by atoms with Gasteiger partial charge < -0.3 is 15.3 Å². The topological polar surface area (TPSA) is 69.6 Å². The lowest BCUT2D eigenvalue weighted by Crippen LogP contribution is -2.35. The van der Waals surface area contributed by atoms with Crippen LogP contribution in [0.25, 0.3) is 0 Å². The molecule has 0 aliphatic heterocycles. The van der Waals surface area contributed by atoms with E-state index in [4.69, 9.17) is 5.11 Å². The highest BCUT2D eigenvalue weighted by Gasteiger charge is 2.16. The molecular formula is C13H17FN2O3. The second-order valence-corrected chi connectivity index (χ2v) is 4.00. The van der Waals surface area contributed by atoms with Crippen LogP contribution in [0.3, 0.4) is 0 Å². The molecule has 6 heteroatoms. The molecular weight excluding hydrogens is 251 g/mol. The van der Waals surface area contributed by atoms with Crippen LogP contribution in [0, 0.1) is 5.82 Å². The van der Waals surface area contributed by atoms with Crippen LogP contribution >= 0.6 is 0 Å². The number of carbonyl (C=O) groups excluding carboxylic acids is 1. The molecule has 104 valence electrons. The molecule has 0 saturated carbocycles. The number of carboxylic acids is 1. The van der Waals surface area contributed by atoms with Crippen molar-refractivity contribution in [3.8, 4) is 0 Å². The molecule has 0 radical (unpaired) electrons. The summed E-state index contributed by atoms with van der Waals surface area (Å²) in [4.78, 5) is 24.5. The summed E-state index contributed by atoms with van der Waals surface area (Å²) in [6.07, 6.45) is 0.802. The summed E-state index contributed by atoms with van der Waals surface area (Å²) in [7, 11) is 0. The molecule has 2 amide bonds. The first-order valence-corrected chi connectivity index (χ1v) is 6.08. The lowest BCUT2D eigenvalue weighted by molar-refractivity contribution is 0.0697. The van der Waals surface area contributed by atoms with Gasteiger partial charge in [0.1, 0.15) is 5.82 Å². The molecule has 0 fully saturated rings. The molecule has 0 aliphatic rings. The normalized spacial score (nSPS) is 10.1. The first-order chi connectivity index (χ1) is 8.99. The van der Waals surface area contributed by atoms with Gasteiger partial charge in [0.25, 0.3) is 0 Å². The number of carbonyl (C=O) groups is 2. The summed E-state index contributed by atoms with van der Waals surface area (Å²) in [5, 5.41) is 11.5. The summed E-state index contributed by atoms with van der Waals surface area (Å²) < 4.78 is 13.0. The van der Waals surface area contributed by atoms with Crippen LogP contribution < -0.4 is 5.32 Å². The summed E-state index contributed by atoms with van der Waals surface area (Å²) in [5.41, 5.74) is -0.172. The largest absolute Gasteiger partial charge is 0.478 e. The second kappa shape index (κ2) is 6.72. The zero-order chi connectivity index (χ0) is 14.4. The molecule has 0 saturated heterocycles. The minimum atomic E-state index is -1.28. The third kappa shape index (κ3) is 3.94. The molecule has 0 heterocycles. The number of anilines is 1. The van der Waals surface area contributed by atoms with E-state index < -0.39 is 17.8 Å². The first kappa shape index (κ1) is 14.9. The number of hydrogen-bond donors (Lipinski definition) is 2. The highest BCUT2D eigenvalue weighted by molar-refractivity contribution is 6.00. The Labute approximate surface area is 111 Å². The van der Waals surface area contributed by atoms with E-state index in [9.17, 15) is 14.0 Å². The Bertz CT molecular complexity index is 477. The number of hydrogen-bond acceptors (Lipinski definition) is 2. The number of benzene rings is 1. The highest BCUT2D eigenvalue weighted by atomic mass is 19.1. The van der Waals surface area contributed by atoms with Crippen molar-refractivity contribution in [3.63, 3.8) is 0 Å². The maximum Gasteiger partial charge on any atom is 0.337 e. The Morgan fingerprint density at radius 3 is 2.58 bits per heavy atom. The number of aromatic carboxylic acids is 1. The van der Waals surface area contributed by atoms with Gasteiger partial charge in [0.05, 0.1) is 11.3 Å². The van der Waals surface area contributed by atoms with Gasteiger partial charge >= 0.3 is 12.0 Å². The molecule has 19 heavy (non-hydrogen) atoms. The van der Waals surface area contributed by atoms with Crippen LogP contribution in [-0.4, -0.2) is 35.1 Å². The monoisotopic (exact) mass is 268 g/mol. The zero-order valence-corrected chi connectivity index (χ0v) is 10.9. The number of nitrogens with one attached hydrogen (secondary N) is 1. The van der Waals surface area contributed by atoms with Gasteiger partial charge in [-0.3, -0.25) is 0 Å². The fourth-order valence-corrected chi connectivity index (χ4v) is 1.67. The van der Waals surface area contributed by atoms with Crippen molar-refractivity contribution in [2.75, 3.05) is 18.4 Å². The molecule has 1 aromatic carbocycles. The van der Waals surface area contributed by atoms with Gasteiger partial charge in [0.15, 0.2) is 0 Å². The standard InChI is InChI=1S/C13H17FN2O3/c1-3-7-16(4-2)13(19)15-11-6-5-9(14)8-10(11)12(17)18/h5-6,8H,3-4,7H2,1-2H3,(H,15,19)(H,17,18). The van der Waals surface area contributed by atoms with Crippen LogP contribution in [0.5, 0.6) is 0 Å². The second-order valence-electron chi connectivity index (χ2n) is 4.00. The molecule has 0 bridgehead atoms. The predicted molar refractivity (Wildman–Crippen MR) is 69.9 cm³/mol. The zero-order valence-electron chi connectivity index (χ0n) is 10.9. The van der Waals surface area contributed by atoms with E-state index >= 15 is 0 Å². The molecule has 1 aromatic rings. The Balaban J connectivity index is 2.92. The van der Waals surface area contributed by atoms with Crippen LogP contribution in [0.4, 0.5) is 14.9 Å². The lowest BCUT2D eigenvalue weighted by Gasteiger charge is -2.21. The predicted octanol–water partition coefficient (Wildman–Crippen LogP) is 2.79. The Hall–Kier alpha value is -2.11. The third-order valence-electron chi connectivity index (χ3n) is 2.62. The number of nitrogens with zero attached hydrogens (tertiary/aromatic N) is 1. The van der Waals surface area contributed by atoms with Crippen molar-refractivity contribution >= 4 is 17.7 Å². The Kier molecular flexibility index (Phi) is 5.29. The summed E-state index contributed by atoms with van der Waals surface area (Å²) >= 11 is 0. The average Bonchev–Trinajstić information content (AvgIpc) is 2.37. The SMILES string of the molecule is CCCN(CC)C(=O)Nc1ccc(F)cc1C(=O)O. The molecule has 2 N–H and O–H groups in total. The Morgan fingerprint density at radius 1 is 1.37 bits per heavy atom. The van der Waals surface area contributed by atoms with Crippen molar-refractivity contribution in [2.24, 2.45) is 0 Å². The van der Waals surface area contributed by atoms with Gasteiger partial charge in [-0.05, 0) is 31.5 Å². The molecule has 0 aliphatic carbocycles. The minimum Gasteiger partial charge on any atom is -0.478 e. The van der Waals surface area contributed by atoms with E-state index in [1.807, 2.05) is 13.8 Å². The van der Waals surface area contributed by atoms with E-state index in [1.165, 1.54) is 6.07 Å². The number of carboxylic acid groups (broad SMARTS) is 1. The minimum absolute atomic E-state index is 0.0912. The van der Waals surface area contributed by atoms with Crippen LogP contribution in [0.2, 0.25) is 0 Å². The van der Waals surface area contributed by atoms with E-state index in [2.05, 4.69) is 5.32 Å². The molecule has 0 aromatic heterocycles. The number of rotatable bonds is 5. The van der Waals surface area contributed by atoms with Gasteiger partial charge in [0.2, 0.25) is 0 Å². The van der Waals surface area contributed by atoms with Gasteiger partial charge in [-0.2, -0.15) is 0 Å². The number of urea groups is 1. The van der Waals surface area contributed by atoms with Crippen LogP contribution in [-0.2, 0) is 0 Å². The van der Waals surface area contributed by atoms with Crippen molar-refractivity contribution < 1.29 is 19.1 Å². The quantitative estimate of drug-likeness (QED) is 0.862. The van der Waals surface area contributed by atoms with E-state index in [-0.39, 0.29) is 11.3 Å². The fraction of sp³-hybridized carbons (Fsp3) is 0.385. The highest BCUT2D eigenvalue weighted by Crippen LogP contribution is 2.17. The number of amides is 2. The summed E-state index contributed by atoms with van der Waals surface area (Å²) in [6, 6.07) is 2.85. The molecule has 0 atom stereocenters. The summed E-state index contributed by atoms with van der Waals surface area (Å²) in [5.74, 6) is -1.94. The van der Waals surface area contributed by atoms with Gasteiger partial charge in [0, 0.05) is 13.1 Å². The first-order valence-electron chi connectivity index (χ1n) is 6.08. The van der Waals surface area contributed by atoms with Gasteiger partial charge in [-0.25, -0.2) is 14.0 Å². The van der Waals surface area contributed by atoms with Crippen molar-refractivity contribution in [2.45, 2.75) is 20.3 Å². The van der Waals surface area contributed by atoms with Crippen molar-refractivity contribution in [1.29, 1.82) is 0 Å². The van der Waals surface area contributed by atoms with E-state index in [0.29, 0.717) is 13.1 Å². The fourth-order valence-electron chi connectivity index (χ4n) is 1.67. The van der Waals surface area contributed by atoms with Crippen LogP contribution in [0.1, 0.15) is 30.6 Å². The molecule has 0 spiro atoms.